The van der Waals surface area contributed by atoms with Crippen molar-refractivity contribution in [1.82, 2.24) is 5.32 Å². The monoisotopic (exact) mass is 233 g/mol. The number of hydrogen-bond acceptors (Lipinski definition) is 3. The first-order valence-corrected chi connectivity index (χ1v) is 4.83. The van der Waals surface area contributed by atoms with Crippen LogP contribution in [0.3, 0.4) is 0 Å². The van der Waals surface area contributed by atoms with Crippen LogP contribution in [0, 0.1) is 11.3 Å². The van der Waals surface area contributed by atoms with E-state index in [2.05, 4.69) is 10.6 Å². The van der Waals surface area contributed by atoms with Crippen molar-refractivity contribution in [1.29, 1.82) is 5.26 Å². The second-order valence-corrected chi connectivity index (χ2v) is 3.35. The fraction of sp³-hybridized carbons (Fsp3) is 0.182. The molecule has 2 amide bonds. The fourth-order valence-corrected chi connectivity index (χ4v) is 1.09. The second-order valence-electron chi connectivity index (χ2n) is 3.35. The first kappa shape index (κ1) is 12.5. The molecule has 6 heteroatoms. The van der Waals surface area contributed by atoms with Crippen LogP contribution in [0.15, 0.2) is 24.3 Å². The average molecular weight is 233 g/mol. The van der Waals surface area contributed by atoms with Gasteiger partial charge in [0.05, 0.1) is 11.6 Å². The van der Waals surface area contributed by atoms with Gasteiger partial charge in [0.2, 0.25) is 0 Å². The van der Waals surface area contributed by atoms with Crippen LogP contribution < -0.4 is 10.6 Å². The Bertz CT molecular complexity index is 479. The van der Waals surface area contributed by atoms with Gasteiger partial charge in [0.1, 0.15) is 6.04 Å². The number of nitrogens with zero attached hydrogens (tertiary/aromatic N) is 1. The maximum absolute atomic E-state index is 11.4. The summed E-state index contributed by atoms with van der Waals surface area (Å²) in [5, 5.41) is 21.9. The van der Waals surface area contributed by atoms with Crippen LogP contribution in [0.1, 0.15) is 12.5 Å². The molecule has 1 aromatic rings. The van der Waals surface area contributed by atoms with E-state index in [4.69, 9.17) is 10.4 Å². The Labute approximate surface area is 97.9 Å². The van der Waals surface area contributed by atoms with E-state index in [1.807, 2.05) is 6.07 Å². The molecule has 0 radical (unpaired) electrons. The van der Waals surface area contributed by atoms with E-state index in [9.17, 15) is 9.59 Å². The van der Waals surface area contributed by atoms with Gasteiger partial charge in [-0.05, 0) is 25.1 Å². The molecule has 1 aromatic carbocycles. The third kappa shape index (κ3) is 3.83. The normalized spacial score (nSPS) is 11.1. The highest BCUT2D eigenvalue weighted by molar-refractivity contribution is 5.92. The number of carboxylic acid groups (broad SMARTS) is 1. The number of rotatable bonds is 3. The Morgan fingerprint density at radius 3 is 2.76 bits per heavy atom. The predicted molar refractivity (Wildman–Crippen MR) is 60.4 cm³/mol. The molecule has 0 unspecified atom stereocenters. The molecule has 0 fully saturated rings. The van der Waals surface area contributed by atoms with Gasteiger partial charge < -0.3 is 15.7 Å². The zero-order chi connectivity index (χ0) is 12.8. The zero-order valence-electron chi connectivity index (χ0n) is 9.10. The van der Waals surface area contributed by atoms with E-state index < -0.39 is 18.0 Å². The van der Waals surface area contributed by atoms with Crippen molar-refractivity contribution in [3.8, 4) is 6.07 Å². The SMILES string of the molecule is C[C@@H](NC(=O)Nc1cccc(C#N)c1)C(=O)O. The summed E-state index contributed by atoms with van der Waals surface area (Å²) >= 11 is 0. The van der Waals surface area contributed by atoms with Gasteiger partial charge in [-0.25, -0.2) is 4.79 Å². The number of nitrogens with one attached hydrogen (secondary N) is 2. The van der Waals surface area contributed by atoms with E-state index in [-0.39, 0.29) is 0 Å². The van der Waals surface area contributed by atoms with Gasteiger partial charge in [0, 0.05) is 5.69 Å². The fourth-order valence-electron chi connectivity index (χ4n) is 1.09. The van der Waals surface area contributed by atoms with Gasteiger partial charge in [-0.3, -0.25) is 4.79 Å². The highest BCUT2D eigenvalue weighted by atomic mass is 16.4. The minimum atomic E-state index is -1.12. The van der Waals surface area contributed by atoms with Crippen molar-refractivity contribution in [2.24, 2.45) is 0 Å². The zero-order valence-corrected chi connectivity index (χ0v) is 9.10. The Balaban J connectivity index is 2.62. The number of carboxylic acids is 1. The Morgan fingerprint density at radius 2 is 2.18 bits per heavy atom. The van der Waals surface area contributed by atoms with Crippen LogP contribution in [-0.2, 0) is 4.79 Å². The lowest BCUT2D eigenvalue weighted by molar-refractivity contribution is -0.138. The molecular weight excluding hydrogens is 222 g/mol. The molecule has 0 aliphatic heterocycles. The largest absolute Gasteiger partial charge is 0.480 e. The lowest BCUT2D eigenvalue weighted by Crippen LogP contribution is -2.40. The molecule has 88 valence electrons. The molecule has 0 spiro atoms. The molecule has 0 saturated heterocycles. The van der Waals surface area contributed by atoms with Gasteiger partial charge >= 0.3 is 12.0 Å². The molecule has 6 nitrogen and oxygen atoms in total. The highest BCUT2D eigenvalue weighted by Crippen LogP contribution is 2.09. The topological polar surface area (TPSA) is 102 Å². The standard InChI is InChI=1S/C11H11N3O3/c1-7(10(15)16)13-11(17)14-9-4-2-3-8(5-9)6-12/h2-5,7H,1H3,(H,15,16)(H2,13,14,17)/t7-/m1/s1. The summed E-state index contributed by atoms with van der Waals surface area (Å²) < 4.78 is 0. The number of amides is 2. The third-order valence-electron chi connectivity index (χ3n) is 1.97. The molecule has 17 heavy (non-hydrogen) atoms. The van der Waals surface area contributed by atoms with E-state index in [0.29, 0.717) is 11.3 Å². The van der Waals surface area contributed by atoms with Crippen molar-refractivity contribution >= 4 is 17.7 Å². The highest BCUT2D eigenvalue weighted by Gasteiger charge is 2.13. The molecule has 0 aromatic heterocycles. The number of carbonyl (C=O) groups excluding carboxylic acids is 1. The number of anilines is 1. The maximum atomic E-state index is 11.4. The number of urea groups is 1. The molecule has 0 heterocycles. The van der Waals surface area contributed by atoms with Crippen LogP contribution >= 0.6 is 0 Å². The summed E-state index contributed by atoms with van der Waals surface area (Å²) in [5.41, 5.74) is 0.841. The first-order valence-electron chi connectivity index (χ1n) is 4.83. The van der Waals surface area contributed by atoms with Crippen molar-refractivity contribution < 1.29 is 14.7 Å². The van der Waals surface area contributed by atoms with Crippen molar-refractivity contribution in [2.45, 2.75) is 13.0 Å². The summed E-state index contributed by atoms with van der Waals surface area (Å²) in [6.45, 7) is 1.35. The lowest BCUT2D eigenvalue weighted by Gasteiger charge is -2.10. The van der Waals surface area contributed by atoms with Crippen LogP contribution in [0.2, 0.25) is 0 Å². The number of nitriles is 1. The van der Waals surface area contributed by atoms with Crippen molar-refractivity contribution in [2.75, 3.05) is 5.32 Å². The smallest absolute Gasteiger partial charge is 0.325 e. The van der Waals surface area contributed by atoms with E-state index in [0.717, 1.165) is 0 Å². The molecule has 3 N–H and O–H groups in total. The Kier molecular flexibility index (Phi) is 4.06. The Morgan fingerprint density at radius 1 is 1.47 bits per heavy atom. The number of benzene rings is 1. The lowest BCUT2D eigenvalue weighted by atomic mass is 10.2. The Hall–Kier alpha value is -2.55. The summed E-state index contributed by atoms with van der Waals surface area (Å²) in [5.74, 6) is -1.12. The van der Waals surface area contributed by atoms with Crippen LogP contribution in [0.25, 0.3) is 0 Å². The van der Waals surface area contributed by atoms with Crippen LogP contribution in [0.4, 0.5) is 10.5 Å². The van der Waals surface area contributed by atoms with Gasteiger partial charge in [0.25, 0.3) is 0 Å². The van der Waals surface area contributed by atoms with Gasteiger partial charge in [-0.15, -0.1) is 0 Å². The van der Waals surface area contributed by atoms with Crippen molar-refractivity contribution in [3.63, 3.8) is 0 Å². The summed E-state index contributed by atoms with van der Waals surface area (Å²) in [7, 11) is 0. The minimum Gasteiger partial charge on any atom is -0.480 e. The average Bonchev–Trinajstić information content (AvgIpc) is 2.28. The molecule has 0 bridgehead atoms. The first-order chi connectivity index (χ1) is 8.02. The molecule has 1 rings (SSSR count). The number of hydrogen-bond donors (Lipinski definition) is 3. The van der Waals surface area contributed by atoms with Gasteiger partial charge in [-0.2, -0.15) is 5.26 Å². The minimum absolute atomic E-state index is 0.411. The summed E-state index contributed by atoms with van der Waals surface area (Å²) in [4.78, 5) is 21.9. The molecular formula is C11H11N3O3. The molecule has 0 aliphatic carbocycles. The molecule has 0 saturated carbocycles. The molecule has 0 aliphatic rings. The number of carbonyl (C=O) groups is 2. The predicted octanol–water partition coefficient (Wildman–Crippen LogP) is 1.15. The quantitative estimate of drug-likeness (QED) is 0.728. The van der Waals surface area contributed by atoms with E-state index in [1.54, 1.807) is 18.2 Å². The van der Waals surface area contributed by atoms with Gasteiger partial charge in [-0.1, -0.05) is 6.07 Å². The third-order valence-corrected chi connectivity index (χ3v) is 1.97. The summed E-state index contributed by atoms with van der Waals surface area (Å²) in [6.07, 6.45) is 0. The molecule has 1 atom stereocenters. The van der Waals surface area contributed by atoms with Crippen LogP contribution in [0.5, 0.6) is 0 Å². The number of aliphatic carboxylic acids is 1. The van der Waals surface area contributed by atoms with Gasteiger partial charge in [0.15, 0.2) is 0 Å². The van der Waals surface area contributed by atoms with Crippen molar-refractivity contribution in [3.05, 3.63) is 29.8 Å². The summed E-state index contributed by atoms with van der Waals surface area (Å²) in [6, 6.07) is 6.64. The van der Waals surface area contributed by atoms with E-state index >= 15 is 0 Å². The second kappa shape index (κ2) is 5.51. The van der Waals surface area contributed by atoms with E-state index in [1.165, 1.54) is 13.0 Å². The maximum Gasteiger partial charge on any atom is 0.325 e. The van der Waals surface area contributed by atoms with Crippen LogP contribution in [-0.4, -0.2) is 23.1 Å².